The van der Waals surface area contributed by atoms with Gasteiger partial charge in [0.15, 0.2) is 0 Å². The zero-order valence-electron chi connectivity index (χ0n) is 15.4. The number of allylic oxidation sites excluding steroid dienone is 1. The van der Waals surface area contributed by atoms with E-state index in [1.807, 2.05) is 18.2 Å². The number of carbonyl (C=O) groups is 1. The van der Waals surface area contributed by atoms with Crippen molar-refractivity contribution in [3.05, 3.63) is 83.8 Å². The molecular weight excluding hydrogens is 336 g/mol. The average molecular weight is 356 g/mol. The fourth-order valence-electron chi connectivity index (χ4n) is 3.33. The number of rotatable bonds is 4. The molecule has 1 aromatic heterocycles. The maximum atomic E-state index is 11.4. The third kappa shape index (κ3) is 3.49. The van der Waals surface area contributed by atoms with Gasteiger partial charge in [0.25, 0.3) is 0 Å². The monoisotopic (exact) mass is 356 g/mol. The zero-order valence-corrected chi connectivity index (χ0v) is 15.4. The number of esters is 1. The van der Waals surface area contributed by atoms with Gasteiger partial charge < -0.3 is 9.15 Å². The Kier molecular flexibility index (Phi) is 4.51. The molecular formula is C24H20O3. The summed E-state index contributed by atoms with van der Waals surface area (Å²) >= 11 is 0. The van der Waals surface area contributed by atoms with E-state index in [4.69, 9.17) is 4.42 Å². The van der Waals surface area contributed by atoms with Gasteiger partial charge >= 0.3 is 5.97 Å². The van der Waals surface area contributed by atoms with Gasteiger partial charge in [-0.3, -0.25) is 4.79 Å². The molecule has 4 rings (SSSR count). The first-order chi connectivity index (χ1) is 13.1. The molecule has 4 aromatic rings. The Morgan fingerprint density at radius 2 is 1.70 bits per heavy atom. The highest BCUT2D eigenvalue weighted by Crippen LogP contribution is 2.29. The van der Waals surface area contributed by atoms with Crippen molar-refractivity contribution in [1.29, 1.82) is 0 Å². The number of ether oxygens (including phenoxy) is 1. The molecule has 0 unspecified atom stereocenters. The number of furan rings is 1. The van der Waals surface area contributed by atoms with E-state index in [1.54, 1.807) is 0 Å². The molecule has 0 aliphatic carbocycles. The zero-order chi connectivity index (χ0) is 18.8. The molecule has 27 heavy (non-hydrogen) atoms. The van der Waals surface area contributed by atoms with Gasteiger partial charge in [0.05, 0.1) is 7.11 Å². The van der Waals surface area contributed by atoms with E-state index in [2.05, 4.69) is 66.3 Å². The minimum atomic E-state index is -0.307. The van der Waals surface area contributed by atoms with Crippen molar-refractivity contribution in [3.8, 4) is 0 Å². The van der Waals surface area contributed by atoms with Crippen LogP contribution < -0.4 is 0 Å². The third-order valence-electron chi connectivity index (χ3n) is 4.79. The third-order valence-corrected chi connectivity index (χ3v) is 4.79. The first-order valence-corrected chi connectivity index (χ1v) is 8.90. The van der Waals surface area contributed by atoms with Gasteiger partial charge in [0.1, 0.15) is 17.9 Å². The lowest BCUT2D eigenvalue weighted by atomic mass is 9.97. The standard InChI is InChI=1S/C24H20O3/c1-16(13-20-11-12-21(27-20)15-24(25)26-2)19-10-9-18-8-7-17-5-3-4-6-22(17)23(18)14-19/h3-14H,15H2,1-2H3/b16-13+. The van der Waals surface area contributed by atoms with Crippen LogP contribution in [0.1, 0.15) is 24.0 Å². The number of methoxy groups -OCH3 is 1. The first-order valence-electron chi connectivity index (χ1n) is 8.90. The van der Waals surface area contributed by atoms with Crippen LogP contribution in [0, 0.1) is 0 Å². The van der Waals surface area contributed by atoms with E-state index in [9.17, 15) is 4.79 Å². The van der Waals surface area contributed by atoms with Crippen molar-refractivity contribution in [3.63, 3.8) is 0 Å². The second-order valence-corrected chi connectivity index (χ2v) is 6.61. The topological polar surface area (TPSA) is 39.4 Å². The lowest BCUT2D eigenvalue weighted by molar-refractivity contribution is -0.140. The average Bonchev–Trinajstić information content (AvgIpc) is 3.13. The van der Waals surface area contributed by atoms with E-state index in [0.29, 0.717) is 5.76 Å². The van der Waals surface area contributed by atoms with Crippen LogP contribution in [0.4, 0.5) is 0 Å². The highest BCUT2D eigenvalue weighted by Gasteiger charge is 2.08. The Balaban J connectivity index is 1.70. The quantitative estimate of drug-likeness (QED) is 0.339. The van der Waals surface area contributed by atoms with Gasteiger partial charge in [-0.05, 0) is 63.9 Å². The second-order valence-electron chi connectivity index (χ2n) is 6.61. The van der Waals surface area contributed by atoms with E-state index >= 15 is 0 Å². The fourth-order valence-corrected chi connectivity index (χ4v) is 3.33. The lowest BCUT2D eigenvalue weighted by Crippen LogP contribution is -2.03. The summed E-state index contributed by atoms with van der Waals surface area (Å²) in [4.78, 5) is 11.4. The van der Waals surface area contributed by atoms with Gasteiger partial charge in [-0.1, -0.05) is 48.5 Å². The molecule has 3 aromatic carbocycles. The number of fused-ring (bicyclic) bond motifs is 3. The van der Waals surface area contributed by atoms with Crippen molar-refractivity contribution in [1.82, 2.24) is 0 Å². The molecule has 3 nitrogen and oxygen atoms in total. The van der Waals surface area contributed by atoms with Crippen LogP contribution in [0.2, 0.25) is 0 Å². The van der Waals surface area contributed by atoms with Gasteiger partial charge in [0, 0.05) is 0 Å². The van der Waals surface area contributed by atoms with E-state index < -0.39 is 0 Å². The van der Waals surface area contributed by atoms with Crippen LogP contribution in [-0.2, 0) is 16.0 Å². The first kappa shape index (κ1) is 17.1. The van der Waals surface area contributed by atoms with Crippen LogP contribution in [0.3, 0.4) is 0 Å². The Bertz CT molecular complexity index is 1160. The molecule has 3 heteroatoms. The molecule has 0 atom stereocenters. The molecule has 0 saturated heterocycles. The van der Waals surface area contributed by atoms with Crippen molar-refractivity contribution in [2.45, 2.75) is 13.3 Å². The normalized spacial score (nSPS) is 11.9. The molecule has 0 radical (unpaired) electrons. The van der Waals surface area contributed by atoms with Crippen LogP contribution in [0.15, 0.2) is 71.1 Å². The molecule has 0 N–H and O–H groups in total. The lowest BCUT2D eigenvalue weighted by Gasteiger charge is -2.07. The molecule has 0 amide bonds. The smallest absolute Gasteiger partial charge is 0.313 e. The predicted molar refractivity (Wildman–Crippen MR) is 109 cm³/mol. The molecule has 0 saturated carbocycles. The number of carbonyl (C=O) groups excluding carboxylic acids is 1. The summed E-state index contributed by atoms with van der Waals surface area (Å²) < 4.78 is 10.4. The van der Waals surface area contributed by atoms with E-state index in [1.165, 1.54) is 28.7 Å². The highest BCUT2D eigenvalue weighted by molar-refractivity contribution is 6.08. The van der Waals surface area contributed by atoms with Crippen LogP contribution in [-0.4, -0.2) is 13.1 Å². The van der Waals surface area contributed by atoms with Gasteiger partial charge in [0.2, 0.25) is 0 Å². The van der Waals surface area contributed by atoms with Gasteiger partial charge in [-0.15, -0.1) is 0 Å². The Labute approximate surface area is 157 Å². The fraction of sp³-hybridized carbons (Fsp3) is 0.125. The Morgan fingerprint density at radius 1 is 0.963 bits per heavy atom. The number of hydrogen-bond acceptors (Lipinski definition) is 3. The summed E-state index contributed by atoms with van der Waals surface area (Å²) in [5, 5.41) is 4.96. The molecule has 0 spiro atoms. The molecule has 1 heterocycles. The SMILES string of the molecule is COC(=O)Cc1ccc(/C=C(\C)c2ccc3ccc4ccccc4c3c2)o1. The molecule has 0 fully saturated rings. The van der Waals surface area contributed by atoms with Crippen LogP contribution in [0.5, 0.6) is 0 Å². The predicted octanol–water partition coefficient (Wildman–Crippen LogP) is 5.86. The summed E-state index contributed by atoms with van der Waals surface area (Å²) in [7, 11) is 1.37. The molecule has 0 bridgehead atoms. The maximum absolute atomic E-state index is 11.4. The number of benzene rings is 3. The number of hydrogen-bond donors (Lipinski definition) is 0. The Morgan fingerprint density at radius 3 is 2.52 bits per heavy atom. The summed E-state index contributed by atoms with van der Waals surface area (Å²) in [6, 6.07) is 22.9. The largest absolute Gasteiger partial charge is 0.469 e. The van der Waals surface area contributed by atoms with Crippen molar-refractivity contribution in [2.75, 3.05) is 7.11 Å². The van der Waals surface area contributed by atoms with Gasteiger partial charge in [-0.25, -0.2) is 0 Å². The van der Waals surface area contributed by atoms with Crippen molar-refractivity contribution in [2.24, 2.45) is 0 Å². The molecule has 0 aliphatic heterocycles. The molecule has 134 valence electrons. The summed E-state index contributed by atoms with van der Waals surface area (Å²) in [6.07, 6.45) is 2.14. The second kappa shape index (κ2) is 7.12. The summed E-state index contributed by atoms with van der Waals surface area (Å²) in [6.45, 7) is 2.06. The van der Waals surface area contributed by atoms with E-state index in [0.717, 1.165) is 16.9 Å². The summed E-state index contributed by atoms with van der Waals surface area (Å²) in [5.74, 6) is 1.02. The minimum Gasteiger partial charge on any atom is -0.469 e. The highest BCUT2D eigenvalue weighted by atomic mass is 16.5. The van der Waals surface area contributed by atoms with E-state index in [-0.39, 0.29) is 12.4 Å². The van der Waals surface area contributed by atoms with Crippen LogP contribution >= 0.6 is 0 Å². The summed E-state index contributed by atoms with van der Waals surface area (Å²) in [5.41, 5.74) is 2.24. The Hall–Kier alpha value is -3.33. The van der Waals surface area contributed by atoms with Gasteiger partial charge in [-0.2, -0.15) is 0 Å². The molecule has 0 aliphatic rings. The minimum absolute atomic E-state index is 0.144. The van der Waals surface area contributed by atoms with Crippen molar-refractivity contribution >= 4 is 39.2 Å². The van der Waals surface area contributed by atoms with Crippen molar-refractivity contribution < 1.29 is 13.9 Å². The van der Waals surface area contributed by atoms with Crippen LogP contribution in [0.25, 0.3) is 33.2 Å². The maximum Gasteiger partial charge on any atom is 0.313 e.